The number of pyridine rings is 1. The van der Waals surface area contributed by atoms with E-state index in [1.165, 1.54) is 25.7 Å². The number of nitrogens with zero attached hydrogens (tertiary/aromatic N) is 2. The topological polar surface area (TPSA) is 28.2 Å². The predicted molar refractivity (Wildman–Crippen MR) is 80.0 cm³/mol. The Morgan fingerprint density at radius 3 is 2.89 bits per heavy atom. The molecule has 1 fully saturated rings. The van der Waals surface area contributed by atoms with E-state index in [0.717, 1.165) is 24.7 Å². The van der Waals surface area contributed by atoms with E-state index >= 15 is 0 Å². The summed E-state index contributed by atoms with van der Waals surface area (Å²) < 4.78 is 0. The molecule has 2 unspecified atom stereocenters. The molecular formula is C16H27N3. The summed E-state index contributed by atoms with van der Waals surface area (Å²) >= 11 is 0. The average molecular weight is 261 g/mol. The fourth-order valence-electron chi connectivity index (χ4n) is 3.28. The zero-order valence-electron chi connectivity index (χ0n) is 12.5. The van der Waals surface area contributed by atoms with E-state index in [2.05, 4.69) is 48.4 Å². The molecule has 2 rings (SSSR count). The first-order chi connectivity index (χ1) is 9.12. The number of aromatic nitrogens is 1. The number of nitrogens with one attached hydrogen (secondary N) is 1. The highest BCUT2D eigenvalue weighted by Crippen LogP contribution is 2.35. The second kappa shape index (κ2) is 6.49. The van der Waals surface area contributed by atoms with Gasteiger partial charge in [-0.1, -0.05) is 25.8 Å². The van der Waals surface area contributed by atoms with Crippen molar-refractivity contribution in [2.24, 2.45) is 5.92 Å². The van der Waals surface area contributed by atoms with Gasteiger partial charge in [0.05, 0.1) is 5.69 Å². The van der Waals surface area contributed by atoms with E-state index in [-0.39, 0.29) is 0 Å². The van der Waals surface area contributed by atoms with Crippen LogP contribution in [-0.2, 0) is 6.54 Å². The van der Waals surface area contributed by atoms with Gasteiger partial charge in [0.1, 0.15) is 0 Å². The van der Waals surface area contributed by atoms with Crippen LogP contribution in [0.4, 0.5) is 0 Å². The van der Waals surface area contributed by atoms with Crippen molar-refractivity contribution in [3.8, 4) is 0 Å². The lowest BCUT2D eigenvalue weighted by molar-refractivity contribution is 0.0749. The van der Waals surface area contributed by atoms with Gasteiger partial charge in [-0.25, -0.2) is 0 Å². The monoisotopic (exact) mass is 261 g/mol. The average Bonchev–Trinajstić information content (AvgIpc) is 2.40. The first kappa shape index (κ1) is 14.5. The summed E-state index contributed by atoms with van der Waals surface area (Å²) in [6.45, 7) is 4.31. The zero-order chi connectivity index (χ0) is 13.7. The van der Waals surface area contributed by atoms with Crippen LogP contribution < -0.4 is 5.32 Å². The van der Waals surface area contributed by atoms with Crippen molar-refractivity contribution in [3.05, 3.63) is 30.1 Å². The molecule has 1 aromatic rings. The van der Waals surface area contributed by atoms with Gasteiger partial charge >= 0.3 is 0 Å². The van der Waals surface area contributed by atoms with Gasteiger partial charge in [0.15, 0.2) is 0 Å². The predicted octanol–water partition coefficient (Wildman–Crippen LogP) is 2.68. The maximum atomic E-state index is 4.37. The van der Waals surface area contributed by atoms with E-state index in [4.69, 9.17) is 0 Å². The third-order valence-electron chi connectivity index (χ3n) is 4.50. The molecule has 3 nitrogen and oxygen atoms in total. The van der Waals surface area contributed by atoms with Crippen LogP contribution >= 0.6 is 0 Å². The molecule has 19 heavy (non-hydrogen) atoms. The molecule has 0 bridgehead atoms. The lowest BCUT2D eigenvalue weighted by Gasteiger charge is -2.45. The Kier molecular flexibility index (Phi) is 4.94. The normalized spacial score (nSPS) is 27.7. The SMILES string of the molecule is CC1CCCC(CNCc2ccccn2)(N(C)C)C1. The molecule has 1 saturated carbocycles. The Bertz CT molecular complexity index is 377. The van der Waals surface area contributed by atoms with Crippen LogP contribution in [0.15, 0.2) is 24.4 Å². The van der Waals surface area contributed by atoms with Crippen LogP contribution in [0.5, 0.6) is 0 Å². The smallest absolute Gasteiger partial charge is 0.0541 e. The molecule has 0 amide bonds. The van der Waals surface area contributed by atoms with Gasteiger partial charge in [0, 0.05) is 24.8 Å². The summed E-state index contributed by atoms with van der Waals surface area (Å²) in [5, 5.41) is 3.61. The first-order valence-electron chi connectivity index (χ1n) is 7.40. The van der Waals surface area contributed by atoms with Gasteiger partial charge < -0.3 is 10.2 Å². The van der Waals surface area contributed by atoms with Crippen molar-refractivity contribution in [1.82, 2.24) is 15.2 Å². The lowest BCUT2D eigenvalue weighted by Crippen LogP contribution is -2.54. The Morgan fingerprint density at radius 1 is 1.42 bits per heavy atom. The summed E-state index contributed by atoms with van der Waals surface area (Å²) in [4.78, 5) is 6.79. The van der Waals surface area contributed by atoms with Crippen LogP contribution in [0.2, 0.25) is 0 Å². The first-order valence-corrected chi connectivity index (χ1v) is 7.40. The Morgan fingerprint density at radius 2 is 2.26 bits per heavy atom. The molecule has 2 atom stereocenters. The van der Waals surface area contributed by atoms with Crippen molar-refractivity contribution in [2.75, 3.05) is 20.6 Å². The molecule has 1 heterocycles. The molecule has 0 aliphatic heterocycles. The Labute approximate surface area is 117 Å². The van der Waals surface area contributed by atoms with Crippen LogP contribution in [0.25, 0.3) is 0 Å². The van der Waals surface area contributed by atoms with Crippen molar-refractivity contribution >= 4 is 0 Å². The molecule has 3 heteroatoms. The van der Waals surface area contributed by atoms with Crippen LogP contribution in [0, 0.1) is 5.92 Å². The molecule has 106 valence electrons. The molecular weight excluding hydrogens is 234 g/mol. The quantitative estimate of drug-likeness (QED) is 0.883. The highest BCUT2D eigenvalue weighted by Gasteiger charge is 2.36. The van der Waals surface area contributed by atoms with Gasteiger partial charge in [-0.3, -0.25) is 4.98 Å². The van der Waals surface area contributed by atoms with Crippen molar-refractivity contribution < 1.29 is 0 Å². The van der Waals surface area contributed by atoms with Crippen molar-refractivity contribution in [3.63, 3.8) is 0 Å². The molecule has 0 aromatic carbocycles. The standard InChI is InChI=1S/C16H27N3/c1-14-7-6-9-16(11-14,19(2)3)13-17-12-15-8-4-5-10-18-15/h4-5,8,10,14,17H,6-7,9,11-13H2,1-3H3. The second-order valence-corrected chi connectivity index (χ2v) is 6.24. The minimum atomic E-state index is 0.326. The third kappa shape index (κ3) is 3.77. The maximum Gasteiger partial charge on any atom is 0.0541 e. The molecule has 1 aromatic heterocycles. The summed E-state index contributed by atoms with van der Waals surface area (Å²) in [7, 11) is 4.45. The van der Waals surface area contributed by atoms with Gasteiger partial charge in [-0.15, -0.1) is 0 Å². The van der Waals surface area contributed by atoms with E-state index < -0.39 is 0 Å². The Balaban J connectivity index is 1.90. The highest BCUT2D eigenvalue weighted by atomic mass is 15.2. The molecule has 1 aliphatic carbocycles. The number of hydrogen-bond donors (Lipinski definition) is 1. The van der Waals surface area contributed by atoms with Crippen LogP contribution in [0.1, 0.15) is 38.3 Å². The minimum absolute atomic E-state index is 0.326. The fourth-order valence-corrected chi connectivity index (χ4v) is 3.28. The molecule has 0 spiro atoms. The van der Waals surface area contributed by atoms with Gasteiger partial charge in [0.2, 0.25) is 0 Å². The van der Waals surface area contributed by atoms with Crippen molar-refractivity contribution in [1.29, 1.82) is 0 Å². The molecule has 0 saturated heterocycles. The largest absolute Gasteiger partial charge is 0.309 e. The summed E-state index contributed by atoms with van der Waals surface area (Å²) in [6, 6.07) is 6.10. The second-order valence-electron chi connectivity index (χ2n) is 6.24. The van der Waals surface area contributed by atoms with Crippen LogP contribution in [0.3, 0.4) is 0 Å². The van der Waals surface area contributed by atoms with Crippen molar-refractivity contribution in [2.45, 2.75) is 44.7 Å². The number of likely N-dealkylation sites (N-methyl/N-ethyl adjacent to an activating group) is 1. The van der Waals surface area contributed by atoms with E-state index in [0.29, 0.717) is 5.54 Å². The summed E-state index contributed by atoms with van der Waals surface area (Å²) in [5.41, 5.74) is 1.45. The summed E-state index contributed by atoms with van der Waals surface area (Å²) in [5.74, 6) is 0.841. The zero-order valence-corrected chi connectivity index (χ0v) is 12.5. The fraction of sp³-hybridized carbons (Fsp3) is 0.688. The maximum absolute atomic E-state index is 4.37. The number of hydrogen-bond acceptors (Lipinski definition) is 3. The molecule has 1 N–H and O–H groups in total. The third-order valence-corrected chi connectivity index (χ3v) is 4.50. The lowest BCUT2D eigenvalue weighted by atomic mass is 9.75. The van der Waals surface area contributed by atoms with Crippen LogP contribution in [-0.4, -0.2) is 36.1 Å². The molecule has 1 aliphatic rings. The van der Waals surface area contributed by atoms with E-state index in [1.807, 2.05) is 12.3 Å². The van der Waals surface area contributed by atoms with Gasteiger partial charge in [-0.2, -0.15) is 0 Å². The summed E-state index contributed by atoms with van der Waals surface area (Å²) in [6.07, 6.45) is 7.20. The Hall–Kier alpha value is -0.930. The molecule has 0 radical (unpaired) electrons. The van der Waals surface area contributed by atoms with E-state index in [9.17, 15) is 0 Å². The minimum Gasteiger partial charge on any atom is -0.309 e. The van der Waals surface area contributed by atoms with Gasteiger partial charge in [0.25, 0.3) is 0 Å². The van der Waals surface area contributed by atoms with Gasteiger partial charge in [-0.05, 0) is 45.0 Å². The van der Waals surface area contributed by atoms with E-state index in [1.54, 1.807) is 0 Å². The number of rotatable bonds is 5. The highest BCUT2D eigenvalue weighted by molar-refractivity contribution is 5.03.